The molecule has 0 spiro atoms. The zero-order chi connectivity index (χ0) is 32.7. The Hall–Kier alpha value is -4.37. The zero-order valence-corrected chi connectivity index (χ0v) is 29.4. The van der Waals surface area contributed by atoms with Gasteiger partial charge in [0.2, 0.25) is 0 Å². The molecule has 8 rings (SSSR count). The highest BCUT2D eigenvalue weighted by Crippen LogP contribution is 2.53. The van der Waals surface area contributed by atoms with Gasteiger partial charge < -0.3 is 0 Å². The number of halogens is 3. The summed E-state index contributed by atoms with van der Waals surface area (Å²) >= 11 is 18.8. The number of aryl methyl sites for hydroxylation is 1. The van der Waals surface area contributed by atoms with Gasteiger partial charge in [0, 0.05) is 0 Å². The minimum absolute atomic E-state index is 0.596. The van der Waals surface area contributed by atoms with E-state index in [0.29, 0.717) is 6.04 Å². The van der Waals surface area contributed by atoms with E-state index in [9.17, 15) is 0 Å². The largest absolute Gasteiger partial charge is 0.341 e. The summed E-state index contributed by atoms with van der Waals surface area (Å²) in [6.45, 7) is 0. The van der Waals surface area contributed by atoms with Crippen LogP contribution in [0.2, 0.25) is 6.04 Å². The second kappa shape index (κ2) is 12.9. The van der Waals surface area contributed by atoms with Gasteiger partial charge in [-0.2, -0.15) is 0 Å². The number of hydrogen-bond acceptors (Lipinski definition) is 0. The number of benzene rings is 8. The Morgan fingerprint density at radius 2 is 0.625 bits per heavy atom. The first-order valence-electron chi connectivity index (χ1n) is 16.2. The summed E-state index contributed by atoms with van der Waals surface area (Å²) in [5.74, 6) is 0. The molecule has 0 aliphatic heterocycles. The van der Waals surface area contributed by atoms with Crippen LogP contribution in [0.15, 0.2) is 164 Å². The quantitative estimate of drug-likeness (QED) is 0.0885. The van der Waals surface area contributed by atoms with Crippen LogP contribution in [-0.2, 0) is 6.42 Å². The fourth-order valence-corrected chi connectivity index (χ4v) is 8.69. The molecule has 0 saturated carbocycles. The molecule has 4 heteroatoms. The molecule has 0 aliphatic carbocycles. The van der Waals surface area contributed by atoms with E-state index in [1.165, 1.54) is 76.8 Å². The normalized spacial score (nSPS) is 11.8. The molecule has 0 nitrogen and oxygen atoms in total. The fourth-order valence-electron chi connectivity index (χ4n) is 7.26. The number of rotatable bonds is 7. The van der Waals surface area contributed by atoms with Crippen molar-refractivity contribution < 1.29 is 0 Å². The maximum atomic E-state index is 6.26. The molecule has 0 N–H and O–H groups in total. The summed E-state index contributed by atoms with van der Waals surface area (Å²) in [6.07, 6.45) is 0.746. The van der Waals surface area contributed by atoms with E-state index in [1.54, 1.807) is 0 Å². The summed E-state index contributed by atoms with van der Waals surface area (Å²) in [4.78, 5) is 0. The molecular formula is C44H31Cl3Si. The smallest absolute Gasteiger partial charge is 0.126 e. The first-order chi connectivity index (χ1) is 23.5. The van der Waals surface area contributed by atoms with Gasteiger partial charge in [-0.05, 0) is 94.9 Å². The van der Waals surface area contributed by atoms with Crippen LogP contribution in [0.5, 0.6) is 0 Å². The summed E-state index contributed by atoms with van der Waals surface area (Å²) in [5.41, 5.74) is 10.9. The van der Waals surface area contributed by atoms with Crippen molar-refractivity contribution in [3.8, 4) is 44.5 Å². The summed E-state index contributed by atoms with van der Waals surface area (Å²) in [7, 11) is 0. The third kappa shape index (κ3) is 5.72. The van der Waals surface area contributed by atoms with E-state index in [0.717, 1.165) is 12.0 Å². The average Bonchev–Trinajstić information content (AvgIpc) is 3.13. The molecule has 0 fully saturated rings. The van der Waals surface area contributed by atoms with E-state index in [-0.39, 0.29) is 0 Å². The lowest BCUT2D eigenvalue weighted by Crippen LogP contribution is -2.09. The molecule has 0 atom stereocenters. The minimum atomic E-state index is -2.72. The SMILES string of the molecule is Cl[Si](Cl)(Cl)CCc1ccc(-c2c3ccccc3c(-c3ccccc3)c3c(-c4ccccc4)c4ccccc4c(-c4ccccc4)c23)cc1. The van der Waals surface area contributed by atoms with Gasteiger partial charge >= 0.3 is 6.00 Å². The molecular weight excluding hydrogens is 663 g/mol. The van der Waals surface area contributed by atoms with Crippen LogP contribution >= 0.6 is 33.2 Å². The molecule has 0 aliphatic rings. The second-order valence-electron chi connectivity index (χ2n) is 12.3. The highest BCUT2D eigenvalue weighted by Gasteiger charge is 2.26. The van der Waals surface area contributed by atoms with Gasteiger partial charge in [0.25, 0.3) is 0 Å². The molecule has 0 unspecified atom stereocenters. The van der Waals surface area contributed by atoms with Crippen molar-refractivity contribution >= 4 is 71.6 Å². The fraction of sp³-hybridized carbons (Fsp3) is 0.0455. The van der Waals surface area contributed by atoms with Crippen molar-refractivity contribution in [1.29, 1.82) is 0 Å². The number of fused-ring (bicyclic) bond motifs is 3. The van der Waals surface area contributed by atoms with Crippen LogP contribution in [0.3, 0.4) is 0 Å². The predicted molar refractivity (Wildman–Crippen MR) is 213 cm³/mol. The van der Waals surface area contributed by atoms with E-state index in [1.807, 2.05) is 0 Å². The molecule has 48 heavy (non-hydrogen) atoms. The van der Waals surface area contributed by atoms with Crippen molar-refractivity contribution in [1.82, 2.24) is 0 Å². The Morgan fingerprint density at radius 3 is 0.938 bits per heavy atom. The van der Waals surface area contributed by atoms with Gasteiger partial charge in [0.15, 0.2) is 0 Å². The van der Waals surface area contributed by atoms with Crippen molar-refractivity contribution in [3.05, 3.63) is 169 Å². The topological polar surface area (TPSA) is 0 Å². The van der Waals surface area contributed by atoms with Gasteiger partial charge in [-0.3, -0.25) is 0 Å². The minimum Gasteiger partial charge on any atom is -0.126 e. The van der Waals surface area contributed by atoms with Crippen molar-refractivity contribution in [3.63, 3.8) is 0 Å². The maximum Gasteiger partial charge on any atom is 0.341 e. The molecule has 232 valence electrons. The standard InChI is InChI=1S/C44H31Cl3Si/c45-48(46,47)29-28-30-24-26-34(27-25-30)42-38-23-13-12-22-37(38)40(32-16-6-2-7-17-32)43-39(31-14-4-1-5-15-31)35-20-10-11-21-36(35)41(44(42)43)33-18-8-3-9-19-33/h1-27H,28-29H2. The second-order valence-corrected chi connectivity index (χ2v) is 21.5. The average molecular weight is 694 g/mol. The van der Waals surface area contributed by atoms with Crippen LogP contribution < -0.4 is 0 Å². The lowest BCUT2D eigenvalue weighted by Gasteiger charge is -2.25. The Balaban J connectivity index is 1.62. The van der Waals surface area contributed by atoms with Gasteiger partial charge in [-0.25, -0.2) is 0 Å². The Morgan fingerprint density at radius 1 is 0.333 bits per heavy atom. The van der Waals surface area contributed by atoms with Crippen LogP contribution in [0.25, 0.3) is 76.8 Å². The van der Waals surface area contributed by atoms with E-state index >= 15 is 0 Å². The van der Waals surface area contributed by atoms with Gasteiger partial charge in [0.1, 0.15) is 0 Å². The Bertz CT molecular complexity index is 2350. The molecule has 0 amide bonds. The first-order valence-corrected chi connectivity index (χ1v) is 21.5. The Labute approximate surface area is 296 Å². The van der Waals surface area contributed by atoms with Gasteiger partial charge in [-0.15, -0.1) is 33.2 Å². The summed E-state index contributed by atoms with van der Waals surface area (Å²) in [5, 5.41) is 7.41. The van der Waals surface area contributed by atoms with Crippen molar-refractivity contribution in [2.24, 2.45) is 0 Å². The predicted octanol–water partition coefficient (Wildman–Crippen LogP) is 14.0. The summed E-state index contributed by atoms with van der Waals surface area (Å²) in [6, 6.07) is 57.2. The molecule has 0 bridgehead atoms. The molecule has 8 aromatic rings. The highest BCUT2D eigenvalue weighted by atomic mass is 35.8. The van der Waals surface area contributed by atoms with Crippen LogP contribution in [0.4, 0.5) is 0 Å². The summed E-state index contributed by atoms with van der Waals surface area (Å²) < 4.78 is 0. The van der Waals surface area contributed by atoms with E-state index < -0.39 is 6.00 Å². The lowest BCUT2D eigenvalue weighted by atomic mass is 9.77. The monoisotopic (exact) mass is 692 g/mol. The van der Waals surface area contributed by atoms with Crippen LogP contribution in [0, 0.1) is 0 Å². The maximum absolute atomic E-state index is 6.26. The molecule has 0 saturated heterocycles. The van der Waals surface area contributed by atoms with E-state index in [2.05, 4.69) is 164 Å². The third-order valence-corrected chi connectivity index (χ3v) is 11.8. The highest BCUT2D eigenvalue weighted by molar-refractivity contribution is 7.64. The lowest BCUT2D eigenvalue weighted by molar-refractivity contribution is 1.13. The number of hydrogen-bond donors (Lipinski definition) is 0. The van der Waals surface area contributed by atoms with E-state index in [4.69, 9.17) is 33.2 Å². The molecule has 8 aromatic carbocycles. The first kappa shape index (κ1) is 30.9. The molecule has 0 radical (unpaired) electrons. The Kier molecular flexibility index (Phi) is 8.32. The van der Waals surface area contributed by atoms with Crippen molar-refractivity contribution in [2.45, 2.75) is 12.5 Å². The molecule has 0 aromatic heterocycles. The van der Waals surface area contributed by atoms with Gasteiger partial charge in [-0.1, -0.05) is 164 Å². The van der Waals surface area contributed by atoms with Crippen LogP contribution in [-0.4, -0.2) is 6.00 Å². The van der Waals surface area contributed by atoms with Gasteiger partial charge in [0.05, 0.1) is 0 Å². The molecule has 0 heterocycles. The zero-order valence-electron chi connectivity index (χ0n) is 26.1. The van der Waals surface area contributed by atoms with Crippen molar-refractivity contribution in [2.75, 3.05) is 0 Å². The van der Waals surface area contributed by atoms with Crippen LogP contribution in [0.1, 0.15) is 5.56 Å². The third-order valence-electron chi connectivity index (χ3n) is 9.31.